The Bertz CT molecular complexity index is 871. The minimum atomic E-state index is -0.655. The summed E-state index contributed by atoms with van der Waals surface area (Å²) in [4.78, 5) is 16.6. The minimum Gasteiger partial charge on any atom is -0.298 e. The summed E-state index contributed by atoms with van der Waals surface area (Å²) in [7, 11) is 0. The Labute approximate surface area is 135 Å². The summed E-state index contributed by atoms with van der Waals surface area (Å²) in [5.74, 6) is -1.25. The van der Waals surface area contributed by atoms with Gasteiger partial charge in [0.2, 0.25) is 0 Å². The number of nitrogens with zero attached hydrogens (tertiary/aromatic N) is 1. The van der Waals surface area contributed by atoms with Crippen LogP contribution in [0.15, 0.2) is 30.3 Å². The van der Waals surface area contributed by atoms with Crippen LogP contribution < -0.4 is 5.32 Å². The molecule has 22 heavy (non-hydrogen) atoms. The van der Waals surface area contributed by atoms with Gasteiger partial charge in [0, 0.05) is 0 Å². The number of carbonyl (C=O) groups excluding carboxylic acids is 1. The van der Waals surface area contributed by atoms with Crippen molar-refractivity contribution in [3.63, 3.8) is 0 Å². The first kappa shape index (κ1) is 14.9. The van der Waals surface area contributed by atoms with Crippen LogP contribution in [0.5, 0.6) is 0 Å². The molecular formula is C16H12ClFN2OS. The minimum absolute atomic E-state index is 0.0747. The Kier molecular flexibility index (Phi) is 3.85. The highest BCUT2D eigenvalue weighted by Gasteiger charge is 2.17. The van der Waals surface area contributed by atoms with Gasteiger partial charge in [-0.1, -0.05) is 35.1 Å². The van der Waals surface area contributed by atoms with Crippen LogP contribution in [0.2, 0.25) is 5.02 Å². The fourth-order valence-corrected chi connectivity index (χ4v) is 3.32. The molecule has 0 unspecified atom stereocenters. The Morgan fingerprint density at radius 2 is 2.05 bits per heavy atom. The molecule has 112 valence electrons. The summed E-state index contributed by atoms with van der Waals surface area (Å²) in [5, 5.41) is 3.12. The van der Waals surface area contributed by atoms with Gasteiger partial charge in [-0.05, 0) is 43.2 Å². The molecule has 0 aliphatic carbocycles. The van der Waals surface area contributed by atoms with E-state index in [4.69, 9.17) is 11.6 Å². The first-order chi connectivity index (χ1) is 10.5. The van der Waals surface area contributed by atoms with Gasteiger partial charge in [-0.25, -0.2) is 9.37 Å². The number of anilines is 1. The van der Waals surface area contributed by atoms with Gasteiger partial charge in [0.05, 0.1) is 20.8 Å². The van der Waals surface area contributed by atoms with Crippen LogP contribution in [0.3, 0.4) is 0 Å². The molecule has 1 heterocycles. The third kappa shape index (κ3) is 2.58. The molecule has 0 aliphatic heterocycles. The fourth-order valence-electron chi connectivity index (χ4n) is 2.15. The van der Waals surface area contributed by atoms with Crippen molar-refractivity contribution >= 4 is 44.2 Å². The summed E-state index contributed by atoms with van der Waals surface area (Å²) >= 11 is 7.24. The maximum absolute atomic E-state index is 13.8. The molecule has 0 bridgehead atoms. The van der Waals surface area contributed by atoms with E-state index in [1.54, 1.807) is 0 Å². The molecule has 3 nitrogen and oxygen atoms in total. The van der Waals surface area contributed by atoms with Gasteiger partial charge in [-0.2, -0.15) is 0 Å². The van der Waals surface area contributed by atoms with Crippen LogP contribution in [0, 0.1) is 19.7 Å². The zero-order chi connectivity index (χ0) is 15.9. The molecule has 0 atom stereocenters. The van der Waals surface area contributed by atoms with Crippen LogP contribution in [0.4, 0.5) is 9.52 Å². The quantitative estimate of drug-likeness (QED) is 0.719. The highest BCUT2D eigenvalue weighted by atomic mass is 35.5. The van der Waals surface area contributed by atoms with Gasteiger partial charge >= 0.3 is 0 Å². The van der Waals surface area contributed by atoms with Crippen molar-refractivity contribution in [1.82, 2.24) is 4.98 Å². The molecular weight excluding hydrogens is 323 g/mol. The molecule has 3 rings (SSSR count). The van der Waals surface area contributed by atoms with Crippen molar-refractivity contribution in [2.75, 3.05) is 5.32 Å². The van der Waals surface area contributed by atoms with Crippen molar-refractivity contribution in [2.45, 2.75) is 13.8 Å². The molecule has 0 radical (unpaired) electrons. The molecule has 0 saturated carbocycles. The monoisotopic (exact) mass is 334 g/mol. The lowest BCUT2D eigenvalue weighted by atomic mass is 10.1. The second kappa shape index (κ2) is 5.66. The predicted molar refractivity (Wildman–Crippen MR) is 88.5 cm³/mol. The normalized spacial score (nSPS) is 10.9. The van der Waals surface area contributed by atoms with Gasteiger partial charge in [0.1, 0.15) is 5.82 Å². The van der Waals surface area contributed by atoms with Crippen LogP contribution in [-0.4, -0.2) is 10.9 Å². The summed E-state index contributed by atoms with van der Waals surface area (Å²) in [6.07, 6.45) is 0. The zero-order valence-corrected chi connectivity index (χ0v) is 13.5. The number of thiazole rings is 1. The van der Waals surface area contributed by atoms with Crippen molar-refractivity contribution in [3.05, 3.63) is 57.9 Å². The molecule has 0 saturated heterocycles. The number of aromatic nitrogens is 1. The van der Waals surface area contributed by atoms with Gasteiger partial charge in [-0.3, -0.25) is 10.1 Å². The first-order valence-electron chi connectivity index (χ1n) is 6.59. The van der Waals surface area contributed by atoms with Crippen molar-refractivity contribution in [3.8, 4) is 0 Å². The Hall–Kier alpha value is -1.98. The van der Waals surface area contributed by atoms with Crippen LogP contribution in [-0.2, 0) is 0 Å². The fraction of sp³-hybridized carbons (Fsp3) is 0.125. The number of rotatable bonds is 2. The van der Waals surface area contributed by atoms with Gasteiger partial charge in [0.15, 0.2) is 5.13 Å². The van der Waals surface area contributed by atoms with Gasteiger partial charge in [-0.15, -0.1) is 0 Å². The maximum atomic E-state index is 13.8. The van der Waals surface area contributed by atoms with Gasteiger partial charge in [0.25, 0.3) is 5.91 Å². The smallest absolute Gasteiger partial charge is 0.261 e. The molecule has 2 aromatic carbocycles. The highest BCUT2D eigenvalue weighted by molar-refractivity contribution is 7.22. The summed E-state index contributed by atoms with van der Waals surface area (Å²) in [6, 6.07) is 8.10. The molecule has 0 fully saturated rings. The molecule has 1 amide bonds. The third-order valence-corrected chi connectivity index (χ3v) is 4.75. The number of fused-ring (bicyclic) bond motifs is 1. The summed E-state index contributed by atoms with van der Waals surface area (Å²) < 4.78 is 14.7. The number of nitrogens with one attached hydrogen (secondary N) is 1. The average Bonchev–Trinajstić information content (AvgIpc) is 2.86. The third-order valence-electron chi connectivity index (χ3n) is 3.50. The van der Waals surface area contributed by atoms with Gasteiger partial charge < -0.3 is 0 Å². The molecule has 6 heteroatoms. The number of aryl methyl sites for hydroxylation is 2. The van der Waals surface area contributed by atoms with E-state index in [0.29, 0.717) is 5.13 Å². The largest absolute Gasteiger partial charge is 0.298 e. The average molecular weight is 335 g/mol. The van der Waals surface area contributed by atoms with E-state index in [1.807, 2.05) is 26.0 Å². The van der Waals surface area contributed by atoms with E-state index < -0.39 is 11.7 Å². The SMILES string of the molecule is Cc1ccc2sc(NC(=O)c3c(F)cccc3Cl)nc2c1C. The lowest BCUT2D eigenvalue weighted by Crippen LogP contribution is -2.14. The van der Waals surface area contributed by atoms with Crippen LogP contribution in [0.25, 0.3) is 10.2 Å². The Morgan fingerprint density at radius 1 is 1.27 bits per heavy atom. The number of hydrogen-bond acceptors (Lipinski definition) is 3. The van der Waals surface area contributed by atoms with Crippen molar-refractivity contribution < 1.29 is 9.18 Å². The number of benzene rings is 2. The molecule has 1 N–H and O–H groups in total. The maximum Gasteiger partial charge on any atom is 0.261 e. The second-order valence-corrected chi connectivity index (χ2v) is 6.36. The first-order valence-corrected chi connectivity index (χ1v) is 7.79. The summed E-state index contributed by atoms with van der Waals surface area (Å²) in [6.45, 7) is 3.99. The zero-order valence-electron chi connectivity index (χ0n) is 11.9. The lowest BCUT2D eigenvalue weighted by molar-refractivity contribution is 0.102. The number of halogens is 2. The Morgan fingerprint density at radius 3 is 2.77 bits per heavy atom. The van der Waals surface area contributed by atoms with Crippen molar-refractivity contribution in [1.29, 1.82) is 0 Å². The summed E-state index contributed by atoms with van der Waals surface area (Å²) in [5.41, 5.74) is 2.88. The molecule has 1 aromatic heterocycles. The molecule has 3 aromatic rings. The van der Waals surface area contributed by atoms with Crippen LogP contribution >= 0.6 is 22.9 Å². The predicted octanol–water partition coefficient (Wildman–Crippen LogP) is 4.96. The lowest BCUT2D eigenvalue weighted by Gasteiger charge is -2.04. The Balaban J connectivity index is 1.96. The van der Waals surface area contributed by atoms with Crippen molar-refractivity contribution in [2.24, 2.45) is 0 Å². The second-order valence-electron chi connectivity index (χ2n) is 4.92. The van der Waals surface area contributed by atoms with E-state index in [9.17, 15) is 9.18 Å². The number of amides is 1. The standard InChI is InChI=1S/C16H12ClFN2OS/c1-8-6-7-12-14(9(8)2)19-16(22-12)20-15(21)13-10(17)4-3-5-11(13)18/h3-7H,1-2H3,(H,19,20,21). The number of hydrogen-bond donors (Lipinski definition) is 1. The van der Waals surface area contributed by atoms with E-state index >= 15 is 0 Å². The topological polar surface area (TPSA) is 42.0 Å². The van der Waals surface area contributed by atoms with E-state index in [2.05, 4.69) is 10.3 Å². The van der Waals surface area contributed by atoms with E-state index in [1.165, 1.54) is 29.5 Å². The van der Waals surface area contributed by atoms with E-state index in [0.717, 1.165) is 21.3 Å². The highest BCUT2D eigenvalue weighted by Crippen LogP contribution is 2.30. The van der Waals surface area contributed by atoms with E-state index in [-0.39, 0.29) is 10.6 Å². The molecule has 0 spiro atoms. The van der Waals surface area contributed by atoms with Crippen LogP contribution in [0.1, 0.15) is 21.5 Å². The molecule has 0 aliphatic rings. The number of carbonyl (C=O) groups is 1.